The van der Waals surface area contributed by atoms with E-state index in [0.717, 1.165) is 5.57 Å². The Labute approximate surface area is 84.5 Å². The van der Waals surface area contributed by atoms with E-state index in [2.05, 4.69) is 0 Å². The maximum atomic E-state index is 8.88. The lowest BCUT2D eigenvalue weighted by atomic mass is 9.82. The van der Waals surface area contributed by atoms with Crippen LogP contribution in [0.1, 0.15) is 19.8 Å². The average molecular weight is 197 g/mol. The van der Waals surface area contributed by atoms with Crippen LogP contribution in [0.3, 0.4) is 0 Å². The smallest absolute Gasteiger partial charge is 0.0451 e. The van der Waals surface area contributed by atoms with Gasteiger partial charge in [0.1, 0.15) is 0 Å². The van der Waals surface area contributed by atoms with Crippen molar-refractivity contribution in [1.29, 1.82) is 0 Å². The molecule has 0 fully saturated rings. The van der Waals surface area contributed by atoms with Crippen molar-refractivity contribution in [3.05, 3.63) is 23.4 Å². The second-order valence-electron chi connectivity index (χ2n) is 3.99. The van der Waals surface area contributed by atoms with Gasteiger partial charge in [0.2, 0.25) is 0 Å². The van der Waals surface area contributed by atoms with E-state index in [-0.39, 0.29) is 12.6 Å². The first kappa shape index (κ1) is 11.2. The Kier molecular flexibility index (Phi) is 3.31. The lowest BCUT2D eigenvalue weighted by Gasteiger charge is -2.31. The largest absolute Gasteiger partial charge is 0.399 e. The summed E-state index contributed by atoms with van der Waals surface area (Å²) in [5.41, 5.74) is 18.8. The van der Waals surface area contributed by atoms with Crippen molar-refractivity contribution in [2.24, 2.45) is 17.2 Å². The maximum absolute atomic E-state index is 8.88. The summed E-state index contributed by atoms with van der Waals surface area (Å²) < 4.78 is 0. The predicted molar refractivity (Wildman–Crippen MR) is 57.2 cm³/mol. The third-order valence-electron chi connectivity index (χ3n) is 2.61. The molecule has 0 aliphatic heterocycles. The zero-order valence-corrected chi connectivity index (χ0v) is 8.53. The van der Waals surface area contributed by atoms with Gasteiger partial charge in [-0.15, -0.1) is 0 Å². The second-order valence-corrected chi connectivity index (χ2v) is 3.99. The Bertz CT molecular complexity index is 271. The van der Waals surface area contributed by atoms with Gasteiger partial charge >= 0.3 is 0 Å². The molecule has 1 aliphatic carbocycles. The molecular weight excluding hydrogens is 178 g/mol. The van der Waals surface area contributed by atoms with Crippen LogP contribution in [-0.2, 0) is 0 Å². The van der Waals surface area contributed by atoms with Crippen LogP contribution in [0.5, 0.6) is 0 Å². The minimum absolute atomic E-state index is 0.0764. The van der Waals surface area contributed by atoms with Crippen LogP contribution in [-0.4, -0.2) is 23.3 Å². The van der Waals surface area contributed by atoms with Gasteiger partial charge < -0.3 is 22.3 Å². The highest BCUT2D eigenvalue weighted by molar-refractivity contribution is 5.35. The van der Waals surface area contributed by atoms with Crippen LogP contribution in [0.2, 0.25) is 0 Å². The first-order valence-corrected chi connectivity index (χ1v) is 4.81. The van der Waals surface area contributed by atoms with Gasteiger partial charge in [-0.2, -0.15) is 0 Å². The van der Waals surface area contributed by atoms with Gasteiger partial charge in [-0.05, 0) is 31.4 Å². The standard InChI is InChI=1S/C10H19N3O/c1-7(11)8-6-10(13,4-5-14)3-2-9(8)12/h2-3,7,14H,4-6,11-13H2,1H3. The van der Waals surface area contributed by atoms with Crippen LogP contribution in [0.15, 0.2) is 23.4 Å². The van der Waals surface area contributed by atoms with Crippen LogP contribution >= 0.6 is 0 Å². The SMILES string of the molecule is CC(N)C1=C(N)C=CC(N)(CCO)C1. The van der Waals surface area contributed by atoms with Crippen LogP contribution in [0.25, 0.3) is 0 Å². The predicted octanol–water partition coefficient (Wildman–Crippen LogP) is -0.414. The molecule has 0 aromatic heterocycles. The Morgan fingerprint density at radius 3 is 2.79 bits per heavy atom. The lowest BCUT2D eigenvalue weighted by Crippen LogP contribution is -2.43. The molecule has 1 rings (SSSR count). The fourth-order valence-electron chi connectivity index (χ4n) is 1.68. The molecule has 0 radical (unpaired) electrons. The van der Waals surface area contributed by atoms with Crippen LogP contribution in [0.4, 0.5) is 0 Å². The van der Waals surface area contributed by atoms with Crippen LogP contribution < -0.4 is 17.2 Å². The Balaban J connectivity index is 2.83. The summed E-state index contributed by atoms with van der Waals surface area (Å²) in [4.78, 5) is 0. The van der Waals surface area contributed by atoms with Gasteiger partial charge in [0.15, 0.2) is 0 Å². The number of hydrogen-bond acceptors (Lipinski definition) is 4. The summed E-state index contributed by atoms with van der Waals surface area (Å²) in [6.07, 6.45) is 4.81. The van der Waals surface area contributed by atoms with Crippen LogP contribution in [0, 0.1) is 0 Å². The fourth-order valence-corrected chi connectivity index (χ4v) is 1.68. The summed E-state index contributed by atoms with van der Waals surface area (Å²) in [6, 6.07) is -0.0819. The van der Waals surface area contributed by atoms with E-state index in [1.807, 2.05) is 13.0 Å². The van der Waals surface area contributed by atoms with Gasteiger partial charge in [0.25, 0.3) is 0 Å². The molecule has 0 bridgehead atoms. The molecule has 0 aromatic rings. The minimum atomic E-state index is -0.486. The van der Waals surface area contributed by atoms with E-state index >= 15 is 0 Å². The van der Waals surface area contributed by atoms with Gasteiger partial charge in [-0.25, -0.2) is 0 Å². The van der Waals surface area contributed by atoms with Crippen molar-refractivity contribution >= 4 is 0 Å². The van der Waals surface area contributed by atoms with Crippen molar-refractivity contribution in [2.45, 2.75) is 31.3 Å². The highest BCUT2D eigenvalue weighted by Gasteiger charge is 2.27. The molecule has 80 valence electrons. The van der Waals surface area contributed by atoms with Crippen molar-refractivity contribution in [3.63, 3.8) is 0 Å². The Morgan fingerprint density at radius 2 is 2.29 bits per heavy atom. The molecule has 0 aromatic carbocycles. The highest BCUT2D eigenvalue weighted by Crippen LogP contribution is 2.27. The monoisotopic (exact) mass is 197 g/mol. The molecular formula is C10H19N3O. The molecule has 4 nitrogen and oxygen atoms in total. The molecule has 2 atom stereocenters. The average Bonchev–Trinajstić information content (AvgIpc) is 2.10. The molecule has 7 N–H and O–H groups in total. The third kappa shape index (κ3) is 2.35. The topological polar surface area (TPSA) is 98.3 Å². The highest BCUT2D eigenvalue weighted by atomic mass is 16.3. The molecule has 0 saturated heterocycles. The lowest BCUT2D eigenvalue weighted by molar-refractivity contribution is 0.254. The summed E-state index contributed by atoms with van der Waals surface area (Å²) in [5, 5.41) is 8.88. The second kappa shape index (κ2) is 4.13. The number of aliphatic hydroxyl groups is 1. The van der Waals surface area contributed by atoms with E-state index in [1.165, 1.54) is 0 Å². The summed E-state index contributed by atoms with van der Waals surface area (Å²) in [6.45, 7) is 1.97. The normalized spacial score (nSPS) is 29.4. The first-order chi connectivity index (χ1) is 6.48. The van der Waals surface area contributed by atoms with E-state index in [1.54, 1.807) is 6.08 Å². The van der Waals surface area contributed by atoms with E-state index in [9.17, 15) is 0 Å². The van der Waals surface area contributed by atoms with Crippen molar-refractivity contribution in [2.75, 3.05) is 6.61 Å². The summed E-state index contributed by atoms with van der Waals surface area (Å²) in [7, 11) is 0. The minimum Gasteiger partial charge on any atom is -0.399 e. The molecule has 1 aliphatic rings. The van der Waals surface area contributed by atoms with E-state index in [4.69, 9.17) is 22.3 Å². The van der Waals surface area contributed by atoms with Gasteiger partial charge in [-0.3, -0.25) is 0 Å². The first-order valence-electron chi connectivity index (χ1n) is 4.81. The van der Waals surface area contributed by atoms with Crippen molar-refractivity contribution < 1.29 is 5.11 Å². The number of rotatable bonds is 3. The summed E-state index contributed by atoms with van der Waals surface area (Å²) in [5.74, 6) is 0. The van der Waals surface area contributed by atoms with Crippen molar-refractivity contribution in [1.82, 2.24) is 0 Å². The zero-order valence-electron chi connectivity index (χ0n) is 8.53. The fraction of sp³-hybridized carbons (Fsp3) is 0.600. The quantitative estimate of drug-likeness (QED) is 0.494. The summed E-state index contributed by atoms with van der Waals surface area (Å²) >= 11 is 0. The number of allylic oxidation sites excluding steroid dienone is 1. The van der Waals surface area contributed by atoms with Gasteiger partial charge in [0, 0.05) is 23.9 Å². The molecule has 4 heteroatoms. The molecule has 2 unspecified atom stereocenters. The molecule has 0 spiro atoms. The Hall–Kier alpha value is -0.840. The molecule has 0 saturated carbocycles. The van der Waals surface area contributed by atoms with E-state index in [0.29, 0.717) is 18.5 Å². The third-order valence-corrected chi connectivity index (χ3v) is 2.61. The maximum Gasteiger partial charge on any atom is 0.0451 e. The zero-order chi connectivity index (χ0) is 10.8. The number of aliphatic hydroxyl groups excluding tert-OH is 1. The van der Waals surface area contributed by atoms with E-state index < -0.39 is 5.54 Å². The van der Waals surface area contributed by atoms with Gasteiger partial charge in [0.05, 0.1) is 0 Å². The molecule has 0 heterocycles. The Morgan fingerprint density at radius 1 is 1.64 bits per heavy atom. The molecule has 0 amide bonds. The number of nitrogens with two attached hydrogens (primary N) is 3. The molecule has 14 heavy (non-hydrogen) atoms. The van der Waals surface area contributed by atoms with Gasteiger partial charge in [-0.1, -0.05) is 6.08 Å². The number of hydrogen-bond donors (Lipinski definition) is 4. The van der Waals surface area contributed by atoms with Crippen molar-refractivity contribution in [3.8, 4) is 0 Å².